The Hall–Kier alpha value is -0.308. The summed E-state index contributed by atoms with van der Waals surface area (Å²) in [4.78, 5) is 3.88. The van der Waals surface area contributed by atoms with E-state index >= 15 is 0 Å². The van der Waals surface area contributed by atoms with Crippen LogP contribution in [0.5, 0.6) is 0 Å². The first-order valence-corrected chi connectivity index (χ1v) is 3.18. The van der Waals surface area contributed by atoms with Crippen LogP contribution in [0, 0.1) is 0 Å². The molecular weight excluding hydrogens is 88.9 g/mol. The molecule has 1 nitrogen and oxygen atoms in total. The molecule has 0 amide bonds. The first-order valence-electron chi connectivity index (χ1n) is 1.85. The summed E-state index contributed by atoms with van der Waals surface area (Å²) in [5, 5.41) is 0. The van der Waals surface area contributed by atoms with Gasteiger partial charge in [0.15, 0.2) is 0 Å². The average Bonchev–Trinajstić information content (AvgIpc) is 1.72. The second-order valence-corrected chi connectivity index (χ2v) is 2.09. The Labute approximate surface area is 39.4 Å². The summed E-state index contributed by atoms with van der Waals surface area (Å²) < 4.78 is 0. The van der Waals surface area contributed by atoms with Gasteiger partial charge in [-0.15, -0.1) is 0 Å². The van der Waals surface area contributed by atoms with Gasteiger partial charge in [-0.2, -0.15) is 0 Å². The fourth-order valence-electron chi connectivity index (χ4n) is 0.313. The van der Waals surface area contributed by atoms with Crippen molar-refractivity contribution in [3.63, 3.8) is 0 Å². The van der Waals surface area contributed by atoms with E-state index in [0.717, 1.165) is 0 Å². The number of hydrogen-bond donors (Lipinski definition) is 0. The first kappa shape index (κ1) is 3.87. The molecule has 6 heavy (non-hydrogen) atoms. The predicted molar refractivity (Wildman–Crippen MR) is 28.3 cm³/mol. The van der Waals surface area contributed by atoms with Crippen molar-refractivity contribution in [2.24, 2.45) is 0 Å². The Kier molecular flexibility index (Phi) is 1.27. The molecule has 0 N–H and O–H groups in total. The molecule has 0 atom stereocenters. The Morgan fingerprint density at radius 2 is 2.67 bits per heavy atom. The van der Waals surface area contributed by atoms with Gasteiger partial charge in [0.25, 0.3) is 0 Å². The zero-order valence-corrected chi connectivity index (χ0v) is 4.49. The molecule has 0 unspecified atom stereocenters. The summed E-state index contributed by atoms with van der Waals surface area (Å²) >= 11 is 0. The predicted octanol–water partition coefficient (Wildman–Crippen LogP) is -0.510. The summed E-state index contributed by atoms with van der Waals surface area (Å²) in [6, 6.07) is 1.98. The molecule has 1 aromatic rings. The van der Waals surface area contributed by atoms with Crippen LogP contribution in [0.3, 0.4) is 0 Å². The third-order valence-corrected chi connectivity index (χ3v) is 1.36. The molecule has 0 saturated carbocycles. The van der Waals surface area contributed by atoms with Gasteiger partial charge in [-0.05, 0) is 0 Å². The molecule has 0 saturated heterocycles. The molecule has 28 valence electrons. The van der Waals surface area contributed by atoms with Crippen LogP contribution in [0.2, 0.25) is 0 Å². The number of aromatic nitrogens is 1. The zero-order chi connectivity index (χ0) is 4.24. The molecule has 0 aliphatic heterocycles. The summed E-state index contributed by atoms with van der Waals surface area (Å²) in [6.45, 7) is 1.96. The van der Waals surface area contributed by atoms with Crippen LogP contribution in [-0.2, 0) is 0 Å². The van der Waals surface area contributed by atoms with Gasteiger partial charge in [0.2, 0.25) is 0 Å². The van der Waals surface area contributed by atoms with Crippen molar-refractivity contribution in [2.75, 3.05) is 0 Å². The minimum absolute atomic E-state index is 0.402. The Bertz CT molecular complexity index is 82.7. The zero-order valence-electron chi connectivity index (χ0n) is 3.33. The van der Waals surface area contributed by atoms with Gasteiger partial charge in [-0.3, -0.25) is 0 Å². The van der Waals surface area contributed by atoms with Crippen LogP contribution in [0.4, 0.5) is 0 Å². The van der Waals surface area contributed by atoms with E-state index in [-0.39, 0.29) is 0 Å². The van der Waals surface area contributed by atoms with Crippen LogP contribution in [0.25, 0.3) is 0 Å². The summed E-state index contributed by atoms with van der Waals surface area (Å²) in [5.41, 5.74) is 2.15. The molecular formula is C3H4BNSi. The molecule has 1 rings (SSSR count). The van der Waals surface area contributed by atoms with E-state index < -0.39 is 0 Å². The number of nitrogens with zero attached hydrogens (tertiary/aromatic N) is 1. The van der Waals surface area contributed by atoms with Crippen LogP contribution < -0.4 is 0 Å². The van der Waals surface area contributed by atoms with Crippen molar-refractivity contribution in [2.45, 2.75) is 0 Å². The van der Waals surface area contributed by atoms with Gasteiger partial charge in [-0.1, -0.05) is 0 Å². The van der Waals surface area contributed by atoms with Gasteiger partial charge in [0, 0.05) is 0 Å². The third kappa shape index (κ3) is 0.826. The van der Waals surface area contributed by atoms with E-state index in [0.29, 0.717) is 8.98 Å². The molecule has 1 aromatic heterocycles. The van der Waals surface area contributed by atoms with E-state index in [1.165, 1.54) is 0 Å². The van der Waals surface area contributed by atoms with Crippen molar-refractivity contribution in [1.29, 1.82) is 0 Å². The quantitative estimate of drug-likeness (QED) is 0.393. The van der Waals surface area contributed by atoms with E-state index in [4.69, 9.17) is 0 Å². The van der Waals surface area contributed by atoms with Crippen LogP contribution in [0.15, 0.2) is 17.9 Å². The molecule has 3 heteroatoms. The monoisotopic (exact) mass is 93.0 g/mol. The van der Waals surface area contributed by atoms with Gasteiger partial charge >= 0.3 is 38.4 Å². The molecule has 0 bridgehead atoms. The molecule has 0 spiro atoms. The topological polar surface area (TPSA) is 12.9 Å². The normalized spacial score (nSPS) is 7.33. The van der Waals surface area contributed by atoms with E-state index in [9.17, 15) is 0 Å². The van der Waals surface area contributed by atoms with Gasteiger partial charge in [-0.25, -0.2) is 0 Å². The van der Waals surface area contributed by atoms with Crippen molar-refractivity contribution in [3.8, 4) is 0 Å². The summed E-state index contributed by atoms with van der Waals surface area (Å²) in [7, 11) is 0.402. The van der Waals surface area contributed by atoms with Gasteiger partial charge in [0.05, 0.1) is 0 Å². The number of hydrogen-bond acceptors (Lipinski definition) is 1. The van der Waals surface area contributed by atoms with Crippen molar-refractivity contribution < 1.29 is 0 Å². The molecule has 0 aliphatic rings. The fourth-order valence-corrected chi connectivity index (χ4v) is 0.838. The van der Waals surface area contributed by atoms with Crippen LogP contribution >= 0.6 is 0 Å². The molecule has 0 radical (unpaired) electrons. The summed E-state index contributed by atoms with van der Waals surface area (Å²) in [5.74, 6) is 0. The molecule has 1 heterocycles. The van der Waals surface area contributed by atoms with Crippen molar-refractivity contribution >= 4 is 15.6 Å². The van der Waals surface area contributed by atoms with Crippen molar-refractivity contribution in [3.05, 3.63) is 17.9 Å². The van der Waals surface area contributed by atoms with E-state index in [2.05, 4.69) is 10.6 Å². The first-order chi connectivity index (χ1) is 3.00. The Balaban J connectivity index is 3.00. The minimum atomic E-state index is 0.402. The molecule has 0 aromatic carbocycles. The van der Waals surface area contributed by atoms with Crippen molar-refractivity contribution in [1.82, 2.24) is 4.89 Å². The fraction of sp³-hybridized carbons (Fsp3) is 0. The van der Waals surface area contributed by atoms with Gasteiger partial charge < -0.3 is 0 Å². The Morgan fingerprint density at radius 3 is 2.83 bits per heavy atom. The SMILES string of the molecule is b1nccc[siH]1. The van der Waals surface area contributed by atoms with Gasteiger partial charge in [0.1, 0.15) is 0 Å². The maximum atomic E-state index is 3.88. The third-order valence-electron chi connectivity index (χ3n) is 0.566. The molecule has 0 fully saturated rings. The summed E-state index contributed by atoms with van der Waals surface area (Å²) in [6.07, 6.45) is 1.80. The van der Waals surface area contributed by atoms with E-state index in [1.54, 1.807) is 6.20 Å². The van der Waals surface area contributed by atoms with Crippen LogP contribution in [-0.4, -0.2) is 20.5 Å². The maximum absolute atomic E-state index is 3.88. The Morgan fingerprint density at radius 1 is 1.67 bits per heavy atom. The molecule has 0 aliphatic carbocycles. The number of rotatable bonds is 0. The standard InChI is InChI=1S/C3H4BNSi/c1-2-5-4-6-3-1/h1-3,6H. The van der Waals surface area contributed by atoms with E-state index in [1.807, 2.05) is 12.7 Å². The average molecular weight is 93.0 g/mol. The second-order valence-electron chi connectivity index (χ2n) is 1.02. The second kappa shape index (κ2) is 1.97. The van der Waals surface area contributed by atoms with Crippen LogP contribution in [0.1, 0.15) is 0 Å².